The van der Waals surface area contributed by atoms with Gasteiger partial charge < -0.3 is 20.1 Å². The Morgan fingerprint density at radius 2 is 1.80 bits per heavy atom. The molecule has 0 amide bonds. The molecule has 1 atom stereocenters. The first-order valence-electron chi connectivity index (χ1n) is 8.38. The molecule has 134 valence electrons. The molecule has 1 aliphatic rings. The second-order valence-corrected chi connectivity index (χ2v) is 6.17. The van der Waals surface area contributed by atoms with Crippen molar-refractivity contribution in [2.24, 2.45) is 0 Å². The molecule has 0 aromatic heterocycles. The van der Waals surface area contributed by atoms with Crippen LogP contribution in [0, 0.1) is 11.6 Å². The molecule has 1 fully saturated rings. The molecule has 0 saturated carbocycles. The van der Waals surface area contributed by atoms with Crippen LogP contribution in [0.2, 0.25) is 0 Å². The summed E-state index contributed by atoms with van der Waals surface area (Å²) in [6.45, 7) is 5.43. The van der Waals surface area contributed by atoms with Crippen molar-refractivity contribution >= 4 is 5.69 Å². The monoisotopic (exact) mass is 348 g/mol. The number of morpholine rings is 1. The Bertz CT molecular complexity index is 710. The van der Waals surface area contributed by atoms with E-state index in [1.165, 1.54) is 0 Å². The van der Waals surface area contributed by atoms with Crippen molar-refractivity contribution in [3.05, 3.63) is 59.2 Å². The number of para-hydroxylation sites is 1. The minimum absolute atomic E-state index is 0.000953. The SMILES string of the molecule is CC(NCc1cc(F)c(O)c(F)c1)c1ccccc1N1CCOCC1. The maximum atomic E-state index is 13.5. The van der Waals surface area contributed by atoms with E-state index in [9.17, 15) is 13.9 Å². The molecule has 1 aliphatic heterocycles. The molecular formula is C19H22F2N2O2. The summed E-state index contributed by atoms with van der Waals surface area (Å²) in [6, 6.07) is 10.4. The highest BCUT2D eigenvalue weighted by atomic mass is 19.1. The molecule has 0 aliphatic carbocycles. The van der Waals surface area contributed by atoms with Crippen LogP contribution in [-0.2, 0) is 11.3 Å². The number of rotatable bonds is 5. The molecule has 1 heterocycles. The summed E-state index contributed by atoms with van der Waals surface area (Å²) >= 11 is 0. The van der Waals surface area contributed by atoms with Gasteiger partial charge in [-0.1, -0.05) is 18.2 Å². The number of nitrogens with zero attached hydrogens (tertiary/aromatic N) is 1. The third-order valence-corrected chi connectivity index (χ3v) is 4.44. The van der Waals surface area contributed by atoms with Gasteiger partial charge in [-0.3, -0.25) is 0 Å². The molecule has 2 N–H and O–H groups in total. The Labute approximate surface area is 146 Å². The maximum Gasteiger partial charge on any atom is 0.187 e. The summed E-state index contributed by atoms with van der Waals surface area (Å²) in [5, 5.41) is 12.5. The van der Waals surface area contributed by atoms with Crippen molar-refractivity contribution in [3.8, 4) is 5.75 Å². The smallest absolute Gasteiger partial charge is 0.187 e. The molecular weight excluding hydrogens is 326 g/mol. The molecule has 6 heteroatoms. The standard InChI is InChI=1S/C19H22F2N2O2/c1-13(22-12-14-10-16(20)19(24)17(21)11-14)15-4-2-3-5-18(15)23-6-8-25-9-7-23/h2-5,10-11,13,22,24H,6-9,12H2,1H3. The van der Waals surface area contributed by atoms with E-state index in [1.807, 2.05) is 19.1 Å². The van der Waals surface area contributed by atoms with Crippen molar-refractivity contribution in [1.29, 1.82) is 0 Å². The van der Waals surface area contributed by atoms with E-state index in [-0.39, 0.29) is 6.04 Å². The quantitative estimate of drug-likeness (QED) is 0.870. The Balaban J connectivity index is 1.72. The first-order valence-corrected chi connectivity index (χ1v) is 8.38. The second kappa shape index (κ2) is 7.80. The molecule has 4 nitrogen and oxygen atoms in total. The summed E-state index contributed by atoms with van der Waals surface area (Å²) in [4.78, 5) is 2.29. The molecule has 0 spiro atoms. The summed E-state index contributed by atoms with van der Waals surface area (Å²) in [6.07, 6.45) is 0. The van der Waals surface area contributed by atoms with Gasteiger partial charge in [-0.05, 0) is 36.2 Å². The van der Waals surface area contributed by atoms with Crippen molar-refractivity contribution in [2.75, 3.05) is 31.2 Å². The first-order chi connectivity index (χ1) is 12.1. The zero-order chi connectivity index (χ0) is 17.8. The van der Waals surface area contributed by atoms with Crippen LogP contribution in [0.5, 0.6) is 5.75 Å². The van der Waals surface area contributed by atoms with E-state index in [2.05, 4.69) is 22.3 Å². The average Bonchev–Trinajstić information content (AvgIpc) is 2.64. The fourth-order valence-corrected chi connectivity index (χ4v) is 3.05. The van der Waals surface area contributed by atoms with Gasteiger partial charge in [0.15, 0.2) is 17.4 Å². The average molecular weight is 348 g/mol. The van der Waals surface area contributed by atoms with Gasteiger partial charge in [0.1, 0.15) is 0 Å². The minimum Gasteiger partial charge on any atom is -0.503 e. The molecule has 25 heavy (non-hydrogen) atoms. The third-order valence-electron chi connectivity index (χ3n) is 4.44. The Morgan fingerprint density at radius 1 is 1.16 bits per heavy atom. The zero-order valence-electron chi connectivity index (χ0n) is 14.1. The number of hydrogen-bond donors (Lipinski definition) is 2. The highest BCUT2D eigenvalue weighted by Crippen LogP contribution is 2.27. The number of anilines is 1. The lowest BCUT2D eigenvalue weighted by Crippen LogP contribution is -2.37. The highest BCUT2D eigenvalue weighted by Gasteiger charge is 2.18. The molecule has 1 saturated heterocycles. The number of hydrogen-bond acceptors (Lipinski definition) is 4. The predicted molar refractivity (Wildman–Crippen MR) is 92.8 cm³/mol. The normalized spacial score (nSPS) is 16.0. The molecule has 2 aromatic rings. The molecule has 2 aromatic carbocycles. The second-order valence-electron chi connectivity index (χ2n) is 6.17. The van der Waals surface area contributed by atoms with E-state index in [0.717, 1.165) is 36.5 Å². The van der Waals surface area contributed by atoms with Gasteiger partial charge in [0.2, 0.25) is 0 Å². The summed E-state index contributed by atoms with van der Waals surface area (Å²) in [7, 11) is 0. The van der Waals surface area contributed by atoms with Gasteiger partial charge in [0.25, 0.3) is 0 Å². The lowest BCUT2D eigenvalue weighted by molar-refractivity contribution is 0.122. The van der Waals surface area contributed by atoms with Crippen LogP contribution < -0.4 is 10.2 Å². The third kappa shape index (κ3) is 4.08. The Hall–Kier alpha value is -2.18. The van der Waals surface area contributed by atoms with Crippen LogP contribution in [0.15, 0.2) is 36.4 Å². The summed E-state index contributed by atoms with van der Waals surface area (Å²) < 4.78 is 32.3. The van der Waals surface area contributed by atoms with E-state index in [0.29, 0.717) is 25.3 Å². The maximum absolute atomic E-state index is 13.5. The fourth-order valence-electron chi connectivity index (χ4n) is 3.05. The number of aromatic hydroxyl groups is 1. The van der Waals surface area contributed by atoms with Crippen LogP contribution in [0.25, 0.3) is 0 Å². The number of nitrogens with one attached hydrogen (secondary N) is 1. The van der Waals surface area contributed by atoms with Crippen LogP contribution >= 0.6 is 0 Å². The minimum atomic E-state index is -0.946. The molecule has 0 radical (unpaired) electrons. The topological polar surface area (TPSA) is 44.7 Å². The molecule has 3 rings (SSSR count). The van der Waals surface area contributed by atoms with E-state index < -0.39 is 17.4 Å². The van der Waals surface area contributed by atoms with Gasteiger partial charge in [0, 0.05) is 31.4 Å². The van der Waals surface area contributed by atoms with E-state index in [4.69, 9.17) is 4.74 Å². The molecule has 1 unspecified atom stereocenters. The number of phenols is 1. The van der Waals surface area contributed by atoms with Crippen molar-refractivity contribution in [1.82, 2.24) is 5.32 Å². The number of ether oxygens (including phenoxy) is 1. The number of phenolic OH excluding ortho intramolecular Hbond substituents is 1. The number of benzene rings is 2. The predicted octanol–water partition coefficient (Wildman–Crippen LogP) is 3.36. The summed E-state index contributed by atoms with van der Waals surface area (Å²) in [5.41, 5.74) is 2.72. The van der Waals surface area contributed by atoms with Gasteiger partial charge >= 0.3 is 0 Å². The highest BCUT2D eigenvalue weighted by molar-refractivity contribution is 5.55. The van der Waals surface area contributed by atoms with E-state index in [1.54, 1.807) is 0 Å². The Kier molecular flexibility index (Phi) is 5.50. The summed E-state index contributed by atoms with van der Waals surface area (Å²) in [5.74, 6) is -2.83. The van der Waals surface area contributed by atoms with Crippen LogP contribution in [0.4, 0.5) is 14.5 Å². The van der Waals surface area contributed by atoms with Crippen molar-refractivity contribution in [2.45, 2.75) is 19.5 Å². The van der Waals surface area contributed by atoms with Gasteiger partial charge in [-0.15, -0.1) is 0 Å². The largest absolute Gasteiger partial charge is 0.503 e. The van der Waals surface area contributed by atoms with Gasteiger partial charge in [0.05, 0.1) is 13.2 Å². The lowest BCUT2D eigenvalue weighted by atomic mass is 10.0. The Morgan fingerprint density at radius 3 is 2.48 bits per heavy atom. The lowest BCUT2D eigenvalue weighted by Gasteiger charge is -2.32. The van der Waals surface area contributed by atoms with Crippen molar-refractivity contribution < 1.29 is 18.6 Å². The molecule has 0 bridgehead atoms. The van der Waals surface area contributed by atoms with Gasteiger partial charge in [-0.25, -0.2) is 8.78 Å². The van der Waals surface area contributed by atoms with E-state index >= 15 is 0 Å². The van der Waals surface area contributed by atoms with Crippen LogP contribution in [0.3, 0.4) is 0 Å². The van der Waals surface area contributed by atoms with Crippen molar-refractivity contribution in [3.63, 3.8) is 0 Å². The van der Waals surface area contributed by atoms with Crippen LogP contribution in [0.1, 0.15) is 24.1 Å². The van der Waals surface area contributed by atoms with Gasteiger partial charge in [-0.2, -0.15) is 0 Å². The number of halogens is 2. The zero-order valence-corrected chi connectivity index (χ0v) is 14.1. The van der Waals surface area contributed by atoms with Crippen LogP contribution in [-0.4, -0.2) is 31.4 Å². The fraction of sp³-hybridized carbons (Fsp3) is 0.368. The first kappa shape index (κ1) is 17.6.